The van der Waals surface area contributed by atoms with Gasteiger partial charge in [-0.1, -0.05) is 25.1 Å². The standard InChI is InChI=1S/C24H18N2O8/c1-2-23(31)14-10-16-20-13(9-12-5-3-4-6-15(12)25-20)11-26(16)21(29)19(14)24(34-22(23)30)32-17(27)7-8-18(28)33-24/h3-6,9-10,31H,2,7-8,11H2,1H3/t23-/m0/s1. The number of para-hydroxylation sites is 1. The molecule has 3 aliphatic heterocycles. The van der Waals surface area contributed by atoms with Crippen molar-refractivity contribution in [2.24, 2.45) is 0 Å². The molecule has 1 saturated heterocycles. The van der Waals surface area contributed by atoms with E-state index in [1.807, 2.05) is 30.3 Å². The second kappa shape index (κ2) is 6.73. The Hall–Kier alpha value is -4.05. The normalized spacial score (nSPS) is 22.4. The summed E-state index contributed by atoms with van der Waals surface area (Å²) >= 11 is 0. The Bertz CT molecular complexity index is 1490. The lowest BCUT2D eigenvalue weighted by atomic mass is 9.84. The Labute approximate surface area is 191 Å². The number of esters is 3. The third-order valence-corrected chi connectivity index (χ3v) is 6.53. The van der Waals surface area contributed by atoms with E-state index in [1.54, 1.807) is 6.92 Å². The number of benzene rings is 1. The van der Waals surface area contributed by atoms with Crippen LogP contribution in [0.2, 0.25) is 0 Å². The first-order valence-corrected chi connectivity index (χ1v) is 10.8. The van der Waals surface area contributed by atoms with Crippen LogP contribution in [0.4, 0.5) is 0 Å². The maximum atomic E-state index is 13.8. The van der Waals surface area contributed by atoms with Gasteiger partial charge in [0, 0.05) is 16.5 Å². The molecule has 0 radical (unpaired) electrons. The maximum absolute atomic E-state index is 13.8. The van der Waals surface area contributed by atoms with E-state index in [0.717, 1.165) is 10.9 Å². The van der Waals surface area contributed by atoms with Gasteiger partial charge in [0.2, 0.25) is 0 Å². The van der Waals surface area contributed by atoms with Crippen LogP contribution < -0.4 is 5.56 Å². The fourth-order valence-corrected chi connectivity index (χ4v) is 4.77. The quantitative estimate of drug-likeness (QED) is 0.418. The van der Waals surface area contributed by atoms with Crippen LogP contribution in [-0.4, -0.2) is 32.6 Å². The van der Waals surface area contributed by atoms with Crippen LogP contribution in [-0.2, 0) is 46.7 Å². The number of hydrogen-bond donors (Lipinski definition) is 1. The summed E-state index contributed by atoms with van der Waals surface area (Å²) in [5.74, 6) is -5.66. The number of pyridine rings is 2. The van der Waals surface area contributed by atoms with E-state index in [0.29, 0.717) is 16.9 Å². The van der Waals surface area contributed by atoms with Gasteiger partial charge in [0.05, 0.1) is 36.3 Å². The number of ether oxygens (including phenoxy) is 3. The summed E-state index contributed by atoms with van der Waals surface area (Å²) in [6.07, 6.45) is -0.753. The van der Waals surface area contributed by atoms with Crippen LogP contribution in [0.5, 0.6) is 0 Å². The number of aliphatic hydroxyl groups is 1. The van der Waals surface area contributed by atoms with E-state index in [-0.39, 0.29) is 31.4 Å². The number of fused-ring (bicyclic) bond motifs is 6. The number of rotatable bonds is 1. The van der Waals surface area contributed by atoms with Crippen molar-refractivity contribution >= 4 is 28.8 Å². The first-order chi connectivity index (χ1) is 16.3. The van der Waals surface area contributed by atoms with E-state index < -0.39 is 40.6 Å². The van der Waals surface area contributed by atoms with Crippen molar-refractivity contribution in [1.82, 2.24) is 9.55 Å². The number of aromatic nitrogens is 2. The average molecular weight is 462 g/mol. The van der Waals surface area contributed by atoms with Crippen molar-refractivity contribution in [2.45, 2.75) is 44.3 Å². The number of hydrogen-bond acceptors (Lipinski definition) is 9. The molecule has 0 saturated carbocycles. The molecule has 1 aromatic carbocycles. The SMILES string of the molecule is CC[C@@]1(O)C(=O)OC2(OC(=O)CCC(=O)O2)c2c1cc1n(c2=O)Cc2cc3ccccc3nc2-1. The summed E-state index contributed by atoms with van der Waals surface area (Å²) in [4.78, 5) is 56.0. The fraction of sp³-hybridized carbons (Fsp3) is 0.292. The molecule has 1 spiro atoms. The van der Waals surface area contributed by atoms with Crippen LogP contribution >= 0.6 is 0 Å². The van der Waals surface area contributed by atoms with Crippen molar-refractivity contribution in [1.29, 1.82) is 0 Å². The third-order valence-electron chi connectivity index (χ3n) is 6.53. The molecule has 1 atom stereocenters. The molecule has 10 nitrogen and oxygen atoms in total. The minimum absolute atomic E-state index is 0.141. The van der Waals surface area contributed by atoms with Crippen LogP contribution in [0, 0.1) is 0 Å². The van der Waals surface area contributed by atoms with E-state index in [1.165, 1.54) is 10.6 Å². The van der Waals surface area contributed by atoms with Crippen molar-refractivity contribution in [3.8, 4) is 11.4 Å². The van der Waals surface area contributed by atoms with Gasteiger partial charge in [-0.05, 0) is 24.6 Å². The van der Waals surface area contributed by atoms with Gasteiger partial charge in [-0.25, -0.2) is 9.78 Å². The zero-order valence-electron chi connectivity index (χ0n) is 18.0. The van der Waals surface area contributed by atoms with Gasteiger partial charge in [0.25, 0.3) is 5.56 Å². The van der Waals surface area contributed by atoms with E-state index >= 15 is 0 Å². The predicted octanol–water partition coefficient (Wildman–Crippen LogP) is 1.57. The zero-order chi connectivity index (χ0) is 23.8. The van der Waals surface area contributed by atoms with Gasteiger partial charge in [0.15, 0.2) is 11.2 Å². The Morgan fingerprint density at radius 2 is 1.74 bits per heavy atom. The Morgan fingerprint density at radius 3 is 2.44 bits per heavy atom. The fourth-order valence-electron chi connectivity index (χ4n) is 4.77. The number of carbonyl (C=O) groups excluding carboxylic acids is 3. The molecule has 6 rings (SSSR count). The molecule has 3 aromatic rings. The molecule has 0 amide bonds. The summed E-state index contributed by atoms with van der Waals surface area (Å²) in [7, 11) is 0. The van der Waals surface area contributed by atoms with Gasteiger partial charge in [-0.3, -0.25) is 14.4 Å². The van der Waals surface area contributed by atoms with Crippen LogP contribution in [0.1, 0.15) is 42.9 Å². The van der Waals surface area contributed by atoms with Crippen molar-refractivity contribution in [2.75, 3.05) is 0 Å². The lowest BCUT2D eigenvalue weighted by molar-refractivity contribution is -0.349. The molecular weight excluding hydrogens is 444 g/mol. The second-order valence-corrected chi connectivity index (χ2v) is 8.51. The molecule has 0 unspecified atom stereocenters. The smallest absolute Gasteiger partial charge is 0.384 e. The summed E-state index contributed by atoms with van der Waals surface area (Å²) in [6, 6.07) is 10.9. The molecule has 10 heteroatoms. The number of nitrogens with zero attached hydrogens (tertiary/aromatic N) is 2. The topological polar surface area (TPSA) is 134 Å². The van der Waals surface area contributed by atoms with E-state index in [9.17, 15) is 24.3 Å². The first kappa shape index (κ1) is 20.5. The molecule has 3 aliphatic rings. The lowest BCUT2D eigenvalue weighted by Crippen LogP contribution is -2.56. The molecule has 0 bridgehead atoms. The van der Waals surface area contributed by atoms with Crippen LogP contribution in [0.15, 0.2) is 41.2 Å². The van der Waals surface area contributed by atoms with Crippen molar-refractivity contribution in [3.05, 3.63) is 63.4 Å². The minimum atomic E-state index is -2.70. The maximum Gasteiger partial charge on any atom is 0.459 e. The largest absolute Gasteiger partial charge is 0.459 e. The molecular formula is C24H18N2O8. The highest BCUT2D eigenvalue weighted by Crippen LogP contribution is 2.46. The molecule has 1 N–H and O–H groups in total. The van der Waals surface area contributed by atoms with Gasteiger partial charge >= 0.3 is 23.9 Å². The van der Waals surface area contributed by atoms with Crippen LogP contribution in [0.3, 0.4) is 0 Å². The average Bonchev–Trinajstić information content (AvgIpc) is 3.10. The second-order valence-electron chi connectivity index (χ2n) is 8.51. The molecule has 0 aliphatic carbocycles. The molecule has 2 aromatic heterocycles. The predicted molar refractivity (Wildman–Crippen MR) is 114 cm³/mol. The molecule has 172 valence electrons. The van der Waals surface area contributed by atoms with E-state index in [2.05, 4.69) is 0 Å². The van der Waals surface area contributed by atoms with E-state index in [4.69, 9.17) is 19.2 Å². The van der Waals surface area contributed by atoms with Gasteiger partial charge < -0.3 is 23.9 Å². The summed E-state index contributed by atoms with van der Waals surface area (Å²) < 4.78 is 17.1. The van der Waals surface area contributed by atoms with Gasteiger partial charge in [-0.2, -0.15) is 0 Å². The minimum Gasteiger partial charge on any atom is -0.384 e. The third kappa shape index (κ3) is 2.62. The molecule has 5 heterocycles. The number of carbonyl (C=O) groups is 3. The Kier molecular flexibility index (Phi) is 4.07. The first-order valence-electron chi connectivity index (χ1n) is 10.8. The van der Waals surface area contributed by atoms with Gasteiger partial charge in [0.1, 0.15) is 0 Å². The van der Waals surface area contributed by atoms with Crippen molar-refractivity contribution < 1.29 is 33.7 Å². The summed E-state index contributed by atoms with van der Waals surface area (Å²) in [5.41, 5.74) is -1.12. The molecule has 34 heavy (non-hydrogen) atoms. The highest BCUT2D eigenvalue weighted by Gasteiger charge is 2.61. The summed E-state index contributed by atoms with van der Waals surface area (Å²) in [6.45, 7) is 1.68. The monoisotopic (exact) mass is 462 g/mol. The highest BCUT2D eigenvalue weighted by atomic mass is 16.9. The van der Waals surface area contributed by atoms with Crippen LogP contribution in [0.25, 0.3) is 22.3 Å². The lowest BCUT2D eigenvalue weighted by Gasteiger charge is -2.40. The Morgan fingerprint density at radius 1 is 1.03 bits per heavy atom. The highest BCUT2D eigenvalue weighted by molar-refractivity contribution is 5.88. The Balaban J connectivity index is 1.66. The zero-order valence-corrected chi connectivity index (χ0v) is 18.0. The van der Waals surface area contributed by atoms with Crippen molar-refractivity contribution in [3.63, 3.8) is 0 Å². The summed E-state index contributed by atoms with van der Waals surface area (Å²) in [5, 5.41) is 12.2. The molecule has 1 fully saturated rings. The van der Waals surface area contributed by atoms with Gasteiger partial charge in [-0.15, -0.1) is 0 Å².